The van der Waals surface area contributed by atoms with Crippen LogP contribution in [0.5, 0.6) is 0 Å². The lowest BCUT2D eigenvalue weighted by Crippen LogP contribution is -2.40. The van der Waals surface area contributed by atoms with Crippen LogP contribution in [0.1, 0.15) is 91.4 Å². The van der Waals surface area contributed by atoms with Gasteiger partial charge in [0.15, 0.2) is 5.12 Å². The first kappa shape index (κ1) is 39.6. The van der Waals surface area contributed by atoms with E-state index in [2.05, 4.69) is 41.4 Å². The van der Waals surface area contributed by atoms with Gasteiger partial charge in [-0.3, -0.25) is 24.0 Å². The van der Waals surface area contributed by atoms with Crippen LogP contribution in [0, 0.1) is 0 Å². The number of imide groups is 1. The molecule has 4 amide bonds. The number of azide groups is 1. The van der Waals surface area contributed by atoms with Gasteiger partial charge in [-0.1, -0.05) is 72.1 Å². The summed E-state index contributed by atoms with van der Waals surface area (Å²) in [6.07, 6.45) is 3.61. The third kappa shape index (κ3) is 21.3. The van der Waals surface area contributed by atoms with Crippen molar-refractivity contribution in [2.24, 2.45) is 5.11 Å². The SMILES string of the molecule is CCCCCNC(=O)CCC(=O)SCC(CC(=O)ON1C(=O)CCC1=O)NC(=O)CCCCN=[N+]=[N-].CCSSCC. The summed E-state index contributed by atoms with van der Waals surface area (Å²) in [5.41, 5.74) is 8.28. The first-order valence-corrected chi connectivity index (χ1v) is 17.7. The Balaban J connectivity index is 0.00000252. The van der Waals surface area contributed by atoms with Crippen LogP contribution < -0.4 is 10.6 Å². The topological polar surface area (TPSA) is 188 Å². The third-order valence-corrected chi connectivity index (χ3v) is 9.02. The molecule has 0 spiro atoms. The van der Waals surface area contributed by atoms with E-state index >= 15 is 0 Å². The van der Waals surface area contributed by atoms with Gasteiger partial charge in [0.1, 0.15) is 0 Å². The maximum atomic E-state index is 12.3. The van der Waals surface area contributed by atoms with Gasteiger partial charge in [-0.2, -0.15) is 0 Å². The van der Waals surface area contributed by atoms with Crippen LogP contribution in [0.3, 0.4) is 0 Å². The highest BCUT2D eigenvalue weighted by Gasteiger charge is 2.33. The van der Waals surface area contributed by atoms with Gasteiger partial charge in [0.2, 0.25) is 11.8 Å². The van der Waals surface area contributed by atoms with Crippen molar-refractivity contribution in [1.29, 1.82) is 0 Å². The second-order valence-corrected chi connectivity index (χ2v) is 13.1. The molecule has 1 unspecified atom stereocenters. The monoisotopic (exact) mass is 648 g/mol. The first-order chi connectivity index (χ1) is 20.2. The summed E-state index contributed by atoms with van der Waals surface area (Å²) in [5, 5.41) is 8.97. The standard InChI is InChI=1S/C22H34N6O7S.C4H10S2/c1-2-3-5-12-24-17(29)8-11-22(34)36-15-16(26-18(30)7-4-6-13-25-27-23)14-21(33)35-28-19(31)9-10-20(28)32;1-3-5-6-4-2/h16H,2-15H2,1H3,(H,24,29)(H,26,30);3-4H2,1-2H3. The molecule has 0 radical (unpaired) electrons. The van der Waals surface area contributed by atoms with E-state index in [9.17, 15) is 28.8 Å². The molecule has 0 aromatic heterocycles. The fourth-order valence-corrected chi connectivity index (χ4v) is 5.47. The van der Waals surface area contributed by atoms with Gasteiger partial charge in [0.25, 0.3) is 11.8 Å². The van der Waals surface area contributed by atoms with E-state index in [-0.39, 0.29) is 67.8 Å². The molecule has 0 bridgehead atoms. The minimum absolute atomic E-state index is 0.00554. The molecule has 2 N–H and O–H groups in total. The predicted molar refractivity (Wildman–Crippen MR) is 167 cm³/mol. The number of hydrogen-bond acceptors (Lipinski definition) is 11. The quantitative estimate of drug-likeness (QED) is 0.0441. The molecular formula is C26H44N6O7S3. The van der Waals surface area contributed by atoms with E-state index in [4.69, 9.17) is 10.4 Å². The van der Waals surface area contributed by atoms with Crippen LogP contribution in [0.4, 0.5) is 0 Å². The molecule has 0 saturated carbocycles. The molecular weight excluding hydrogens is 605 g/mol. The zero-order chi connectivity index (χ0) is 31.6. The molecule has 1 rings (SSSR count). The van der Waals surface area contributed by atoms with Crippen LogP contribution >= 0.6 is 33.3 Å². The molecule has 1 heterocycles. The van der Waals surface area contributed by atoms with Gasteiger partial charge < -0.3 is 15.5 Å². The second-order valence-electron chi connectivity index (χ2n) is 8.98. The molecule has 0 aromatic carbocycles. The van der Waals surface area contributed by atoms with Crippen LogP contribution in [0.25, 0.3) is 10.4 Å². The average Bonchev–Trinajstić information content (AvgIpc) is 3.28. The van der Waals surface area contributed by atoms with Gasteiger partial charge >= 0.3 is 5.97 Å². The van der Waals surface area contributed by atoms with E-state index in [1.54, 1.807) is 0 Å². The van der Waals surface area contributed by atoms with Crippen molar-refractivity contribution in [1.82, 2.24) is 15.7 Å². The number of amides is 4. The second kappa shape index (κ2) is 26.2. The highest BCUT2D eigenvalue weighted by molar-refractivity contribution is 8.76. The van der Waals surface area contributed by atoms with Crippen LogP contribution in [-0.4, -0.2) is 76.2 Å². The maximum Gasteiger partial charge on any atom is 0.335 e. The van der Waals surface area contributed by atoms with Crippen molar-refractivity contribution < 1.29 is 33.6 Å². The Bertz CT molecular complexity index is 899. The van der Waals surface area contributed by atoms with Gasteiger partial charge in [0.05, 0.1) is 6.42 Å². The van der Waals surface area contributed by atoms with Crippen LogP contribution in [0.2, 0.25) is 0 Å². The van der Waals surface area contributed by atoms with Gasteiger partial charge in [-0.05, 0) is 24.8 Å². The van der Waals surface area contributed by atoms with Crippen molar-refractivity contribution in [2.45, 2.75) is 97.4 Å². The van der Waals surface area contributed by atoms with E-state index in [0.29, 0.717) is 24.4 Å². The Kier molecular flexibility index (Phi) is 24.7. The predicted octanol–water partition coefficient (Wildman–Crippen LogP) is 4.70. The van der Waals surface area contributed by atoms with Crippen molar-refractivity contribution in [3.05, 3.63) is 10.4 Å². The van der Waals surface area contributed by atoms with Crippen LogP contribution in [-0.2, 0) is 33.6 Å². The number of thioether (sulfide) groups is 1. The molecule has 1 atom stereocenters. The number of hydrogen-bond donors (Lipinski definition) is 2. The van der Waals surface area contributed by atoms with Crippen molar-refractivity contribution >= 4 is 68.1 Å². The molecule has 0 aliphatic carbocycles. The van der Waals surface area contributed by atoms with Gasteiger partial charge in [0, 0.05) is 73.4 Å². The van der Waals surface area contributed by atoms with Crippen molar-refractivity contribution in [2.75, 3.05) is 30.3 Å². The highest BCUT2D eigenvalue weighted by Crippen LogP contribution is 2.18. The minimum atomic E-state index is -0.897. The third-order valence-electron chi connectivity index (χ3n) is 5.38. The normalized spacial score (nSPS) is 13.0. The Hall–Kier alpha value is -2.42. The largest absolute Gasteiger partial charge is 0.356 e. The number of nitrogens with one attached hydrogen (secondary N) is 2. The average molecular weight is 649 g/mol. The fourth-order valence-electron chi connectivity index (χ4n) is 3.30. The Morgan fingerprint density at radius 1 is 0.952 bits per heavy atom. The van der Waals surface area contributed by atoms with Crippen molar-refractivity contribution in [3.63, 3.8) is 0 Å². The lowest BCUT2D eigenvalue weighted by atomic mass is 10.2. The minimum Gasteiger partial charge on any atom is -0.356 e. The lowest BCUT2D eigenvalue weighted by molar-refractivity contribution is -0.197. The number of nitrogens with zero attached hydrogens (tertiary/aromatic N) is 4. The molecule has 1 saturated heterocycles. The van der Waals surface area contributed by atoms with E-state index < -0.39 is 23.8 Å². The molecule has 238 valence electrons. The molecule has 42 heavy (non-hydrogen) atoms. The van der Waals surface area contributed by atoms with E-state index in [0.717, 1.165) is 31.0 Å². The molecule has 1 fully saturated rings. The van der Waals surface area contributed by atoms with Crippen LogP contribution in [0.15, 0.2) is 5.11 Å². The summed E-state index contributed by atoms with van der Waals surface area (Å²) in [7, 11) is 3.85. The molecule has 13 nitrogen and oxygen atoms in total. The summed E-state index contributed by atoms with van der Waals surface area (Å²) in [4.78, 5) is 79.5. The molecule has 1 aliphatic rings. The summed E-state index contributed by atoms with van der Waals surface area (Å²) in [6.45, 7) is 7.23. The number of hydroxylamine groups is 2. The fraction of sp³-hybridized carbons (Fsp3) is 0.769. The zero-order valence-corrected chi connectivity index (χ0v) is 27.2. The number of unbranched alkanes of at least 4 members (excludes halogenated alkanes) is 3. The van der Waals surface area contributed by atoms with Crippen molar-refractivity contribution in [3.8, 4) is 0 Å². The lowest BCUT2D eigenvalue weighted by Gasteiger charge is -2.19. The Morgan fingerprint density at radius 2 is 1.62 bits per heavy atom. The highest BCUT2D eigenvalue weighted by atomic mass is 33.1. The van der Waals surface area contributed by atoms with E-state index in [1.165, 1.54) is 11.5 Å². The molecule has 0 aromatic rings. The summed E-state index contributed by atoms with van der Waals surface area (Å²) in [5.74, 6) is -0.212. The number of carbonyl (C=O) groups is 6. The molecule has 16 heteroatoms. The van der Waals surface area contributed by atoms with Gasteiger partial charge in [-0.15, -0.1) is 5.06 Å². The number of rotatable bonds is 21. The zero-order valence-electron chi connectivity index (χ0n) is 24.8. The summed E-state index contributed by atoms with van der Waals surface area (Å²) < 4.78 is 0. The van der Waals surface area contributed by atoms with Gasteiger partial charge in [-0.25, -0.2) is 4.79 Å². The summed E-state index contributed by atoms with van der Waals surface area (Å²) >= 11 is 0.877. The Labute approximate surface area is 260 Å². The summed E-state index contributed by atoms with van der Waals surface area (Å²) in [6, 6.07) is -0.799. The first-order valence-electron chi connectivity index (χ1n) is 14.2. The van der Waals surface area contributed by atoms with E-state index in [1.807, 2.05) is 21.6 Å². The Morgan fingerprint density at radius 3 is 2.21 bits per heavy atom. The number of carbonyl (C=O) groups excluding carboxylic acids is 6. The smallest absolute Gasteiger partial charge is 0.335 e. The maximum absolute atomic E-state index is 12.3. The molecule has 1 aliphatic heterocycles.